The quantitative estimate of drug-likeness (QED) is 0.434. The van der Waals surface area contributed by atoms with E-state index in [1.165, 1.54) is 0 Å². The van der Waals surface area contributed by atoms with E-state index in [-0.39, 0.29) is 0 Å². The molecule has 0 heterocycles. The van der Waals surface area contributed by atoms with E-state index in [0.717, 1.165) is 6.92 Å². The van der Waals surface area contributed by atoms with Gasteiger partial charge in [-0.25, -0.2) is 0 Å². The fourth-order valence-electron chi connectivity index (χ4n) is 0. The molecule has 0 rings (SSSR count). The number of hydrogen-bond acceptors (Lipinski definition) is 2. The summed E-state index contributed by atoms with van der Waals surface area (Å²) in [6, 6.07) is 0. The summed E-state index contributed by atoms with van der Waals surface area (Å²) in [6.07, 6.45) is 0. The van der Waals surface area contributed by atoms with Crippen LogP contribution in [0, 0.1) is 0 Å². The van der Waals surface area contributed by atoms with Gasteiger partial charge in [0.15, 0.2) is 0 Å². The molecule has 6 heavy (non-hydrogen) atoms. The average Bonchev–Trinajstić information content (AvgIpc) is 1.41. The van der Waals surface area contributed by atoms with Gasteiger partial charge >= 0.3 is 33.1 Å². The molecule has 0 fully saturated rings. The van der Waals surface area contributed by atoms with Gasteiger partial charge in [-0.05, 0) is 6.92 Å². The van der Waals surface area contributed by atoms with Crippen molar-refractivity contribution in [1.82, 2.24) is 0 Å². The van der Waals surface area contributed by atoms with E-state index >= 15 is 0 Å². The van der Waals surface area contributed by atoms with Crippen LogP contribution in [0.15, 0.2) is 0 Å². The zero-order chi connectivity index (χ0) is 5.58. The fraction of sp³-hybridized carbons (Fsp3) is 0.500. The molecule has 0 bridgehead atoms. The predicted molar refractivity (Wildman–Crippen MR) is 24.7 cm³/mol. The van der Waals surface area contributed by atoms with E-state index in [0.29, 0.717) is 0 Å². The van der Waals surface area contributed by atoms with Crippen LogP contribution < -0.4 is 5.11 Å². The summed E-state index contributed by atoms with van der Waals surface area (Å²) in [4.78, 5) is 8.89. The molecule has 0 unspecified atom stereocenters. The van der Waals surface area contributed by atoms with Gasteiger partial charge in [-0.15, -0.1) is 0 Å². The van der Waals surface area contributed by atoms with Crippen molar-refractivity contribution in [3.63, 3.8) is 0 Å². The summed E-state index contributed by atoms with van der Waals surface area (Å²) >= 11 is 5.87. The Morgan fingerprint density at radius 3 is 1.83 bits per heavy atom. The van der Waals surface area contributed by atoms with Crippen LogP contribution in [0.3, 0.4) is 0 Å². The van der Waals surface area contributed by atoms with Crippen LogP contribution in [0.5, 0.6) is 0 Å². The van der Waals surface area contributed by atoms with Crippen LogP contribution in [0.1, 0.15) is 6.92 Å². The van der Waals surface area contributed by atoms with Crippen molar-refractivity contribution in [3.05, 3.63) is 0 Å². The first kappa shape index (κ1) is 9.87. The molecule has 0 aliphatic heterocycles. The third-order valence-electron chi connectivity index (χ3n) is 0. The maximum absolute atomic E-state index is 8.89. The first-order valence-corrected chi connectivity index (χ1v) is 4.06. The summed E-state index contributed by atoms with van der Waals surface area (Å²) < 4.78 is 0. The predicted octanol–water partition coefficient (Wildman–Crippen LogP) is -0.361. The Morgan fingerprint density at radius 1 is 1.83 bits per heavy atom. The van der Waals surface area contributed by atoms with E-state index in [1.54, 1.807) is 20.3 Å². The molecule has 0 spiro atoms. The summed E-state index contributed by atoms with van der Waals surface area (Å²) in [7, 11) is 0. The van der Waals surface area contributed by atoms with E-state index in [4.69, 9.17) is 9.90 Å². The molecular formula is C2H3CuIO2. The van der Waals surface area contributed by atoms with Gasteiger partial charge < -0.3 is 9.90 Å². The van der Waals surface area contributed by atoms with Crippen LogP contribution in [0.4, 0.5) is 0 Å². The Labute approximate surface area is 55.9 Å². The van der Waals surface area contributed by atoms with Gasteiger partial charge in [0.1, 0.15) is 0 Å². The number of hydrogen-bond donors (Lipinski definition) is 0. The molecule has 0 saturated heterocycles. The summed E-state index contributed by atoms with van der Waals surface area (Å²) in [5.41, 5.74) is 0. The number of carbonyl (C=O) groups is 1. The molecule has 4 heteroatoms. The number of rotatable bonds is 0. The maximum atomic E-state index is 8.89. The topological polar surface area (TPSA) is 40.1 Å². The number of carboxylic acids is 1. The second-order valence-electron chi connectivity index (χ2n) is 0.492. The van der Waals surface area contributed by atoms with Crippen molar-refractivity contribution >= 4 is 26.3 Å². The standard InChI is InChI=1S/C2H4O2.Cu.HI/c1-2(3)4;;/h1H3,(H,3,4);;1H/q;+2;/p-2. The van der Waals surface area contributed by atoms with Gasteiger partial charge in [-0.3, -0.25) is 0 Å². The number of carbonyl (C=O) groups excluding carboxylic acids is 1. The first-order chi connectivity index (χ1) is 2.73. The van der Waals surface area contributed by atoms with Crippen molar-refractivity contribution in [3.8, 4) is 0 Å². The normalized spacial score (nSPS) is 5.33. The second-order valence-corrected chi connectivity index (χ2v) is 0.492. The summed E-state index contributed by atoms with van der Waals surface area (Å²) in [6.45, 7) is 0.972. The van der Waals surface area contributed by atoms with Gasteiger partial charge in [-0.1, -0.05) is 0 Å². The Morgan fingerprint density at radius 2 is 1.83 bits per heavy atom. The summed E-state index contributed by atoms with van der Waals surface area (Å²) in [5.74, 6) is -1.08. The third kappa shape index (κ3) is 126. The molecule has 41 valence electrons. The molecule has 0 aromatic rings. The van der Waals surface area contributed by atoms with Crippen molar-refractivity contribution < 1.29 is 22.7 Å². The number of aliphatic carboxylic acids is 1. The van der Waals surface area contributed by atoms with Crippen molar-refractivity contribution in [2.45, 2.75) is 6.92 Å². The van der Waals surface area contributed by atoms with E-state index in [1.807, 2.05) is 0 Å². The minimum absolute atomic E-state index is 0.972. The average molecular weight is 249 g/mol. The molecule has 0 aromatic carbocycles. The Balaban J connectivity index is 0. The molecule has 0 aliphatic carbocycles. The van der Waals surface area contributed by atoms with Gasteiger partial charge in [0.05, 0.1) is 0 Å². The zero-order valence-corrected chi connectivity index (χ0v) is 6.10. The second kappa shape index (κ2) is 9.21. The van der Waals surface area contributed by atoms with E-state index in [2.05, 4.69) is 12.8 Å². The molecule has 0 aromatic heterocycles. The Hall–Kier alpha value is 0.719. The third-order valence-corrected chi connectivity index (χ3v) is 0. The zero-order valence-electron chi connectivity index (χ0n) is 3.00. The van der Waals surface area contributed by atoms with Gasteiger partial charge in [0, 0.05) is 5.97 Å². The number of carboxylic acid groups (broad SMARTS) is 1. The molecule has 0 N–H and O–H groups in total. The van der Waals surface area contributed by atoms with Gasteiger partial charge in [0.25, 0.3) is 0 Å². The monoisotopic (exact) mass is 249 g/mol. The molecule has 0 aliphatic rings. The van der Waals surface area contributed by atoms with Crippen LogP contribution in [-0.4, -0.2) is 5.97 Å². The molecule has 0 saturated carbocycles. The first-order valence-electron chi connectivity index (χ1n) is 1.02. The molecule has 0 radical (unpaired) electrons. The number of halogens is 1. The Bertz CT molecular complexity index is 34.5. The summed E-state index contributed by atoms with van der Waals surface area (Å²) in [5, 5.41) is 8.89. The van der Waals surface area contributed by atoms with Gasteiger partial charge in [0.2, 0.25) is 0 Å². The van der Waals surface area contributed by atoms with Crippen molar-refractivity contribution in [1.29, 1.82) is 0 Å². The fourth-order valence-corrected chi connectivity index (χ4v) is 0. The van der Waals surface area contributed by atoms with Crippen molar-refractivity contribution in [2.24, 2.45) is 0 Å². The molecular weight excluding hydrogens is 246 g/mol. The van der Waals surface area contributed by atoms with Crippen molar-refractivity contribution in [2.75, 3.05) is 0 Å². The van der Waals surface area contributed by atoms with Gasteiger partial charge in [-0.2, -0.15) is 0 Å². The van der Waals surface area contributed by atoms with Crippen LogP contribution in [0.2, 0.25) is 0 Å². The van der Waals surface area contributed by atoms with Crippen LogP contribution in [-0.2, 0) is 17.6 Å². The minimum atomic E-state index is -1.08. The molecule has 0 atom stereocenters. The SMILES string of the molecule is CC(=O)[O-].[Cu+][I]. The van der Waals surface area contributed by atoms with Crippen LogP contribution >= 0.6 is 20.3 Å². The van der Waals surface area contributed by atoms with E-state index < -0.39 is 5.97 Å². The molecule has 0 amide bonds. The Kier molecular flexibility index (Phi) is 15.1. The van der Waals surface area contributed by atoms with E-state index in [9.17, 15) is 0 Å². The van der Waals surface area contributed by atoms with Crippen LogP contribution in [0.25, 0.3) is 0 Å². The molecule has 2 nitrogen and oxygen atoms in total.